The molecular weight excluding hydrogens is 326 g/mol. The van der Waals surface area contributed by atoms with Crippen LogP contribution in [0, 0.1) is 20.8 Å². The molecule has 1 aromatic heterocycles. The van der Waals surface area contributed by atoms with E-state index in [9.17, 15) is 9.59 Å². The SMILES string of the molecule is Cc1cc(C)c(NC(=O)CNC(=O)c2ccnc3ccccc23)c(C)c1. The highest BCUT2D eigenvalue weighted by molar-refractivity contribution is 6.07. The van der Waals surface area contributed by atoms with Crippen LogP contribution in [0.4, 0.5) is 5.69 Å². The largest absolute Gasteiger partial charge is 0.343 e. The summed E-state index contributed by atoms with van der Waals surface area (Å²) in [6, 6.07) is 13.1. The first-order chi connectivity index (χ1) is 12.5. The summed E-state index contributed by atoms with van der Waals surface area (Å²) in [6.07, 6.45) is 1.59. The van der Waals surface area contributed by atoms with Gasteiger partial charge in [-0.2, -0.15) is 0 Å². The first-order valence-electron chi connectivity index (χ1n) is 8.45. The molecule has 5 heteroatoms. The van der Waals surface area contributed by atoms with E-state index < -0.39 is 0 Å². The fraction of sp³-hybridized carbons (Fsp3) is 0.190. The lowest BCUT2D eigenvalue weighted by molar-refractivity contribution is -0.115. The number of benzene rings is 2. The summed E-state index contributed by atoms with van der Waals surface area (Å²) in [5, 5.41) is 6.33. The Bertz CT molecular complexity index is 967. The molecule has 0 unspecified atom stereocenters. The Balaban J connectivity index is 1.69. The van der Waals surface area contributed by atoms with Crippen LogP contribution in [0.3, 0.4) is 0 Å². The van der Waals surface area contributed by atoms with Gasteiger partial charge in [0.05, 0.1) is 17.6 Å². The second-order valence-electron chi connectivity index (χ2n) is 6.38. The molecule has 0 aliphatic heterocycles. The van der Waals surface area contributed by atoms with E-state index in [0.717, 1.165) is 33.3 Å². The standard InChI is InChI=1S/C21H21N3O2/c1-13-10-14(2)20(15(3)11-13)24-19(25)12-23-21(26)17-8-9-22-18-7-5-4-6-16(17)18/h4-11H,12H2,1-3H3,(H,23,26)(H,24,25). The van der Waals surface area contributed by atoms with Crippen LogP contribution < -0.4 is 10.6 Å². The van der Waals surface area contributed by atoms with Gasteiger partial charge in [-0.05, 0) is 44.0 Å². The Morgan fingerprint density at radius 1 is 1.00 bits per heavy atom. The predicted octanol–water partition coefficient (Wildman–Crippen LogP) is 3.53. The van der Waals surface area contributed by atoms with Crippen LogP contribution in [0.1, 0.15) is 27.0 Å². The molecule has 0 spiro atoms. The molecule has 26 heavy (non-hydrogen) atoms. The average Bonchev–Trinajstić information content (AvgIpc) is 2.62. The maximum Gasteiger partial charge on any atom is 0.252 e. The van der Waals surface area contributed by atoms with E-state index >= 15 is 0 Å². The third-order valence-electron chi connectivity index (χ3n) is 4.24. The van der Waals surface area contributed by atoms with E-state index in [1.807, 2.05) is 57.2 Å². The lowest BCUT2D eigenvalue weighted by Crippen LogP contribution is -2.33. The quantitative estimate of drug-likeness (QED) is 0.758. The lowest BCUT2D eigenvalue weighted by Gasteiger charge is -2.13. The van der Waals surface area contributed by atoms with Crippen LogP contribution in [-0.2, 0) is 4.79 Å². The zero-order chi connectivity index (χ0) is 18.7. The van der Waals surface area contributed by atoms with Gasteiger partial charge in [-0.25, -0.2) is 0 Å². The molecule has 2 amide bonds. The minimum absolute atomic E-state index is 0.0950. The zero-order valence-electron chi connectivity index (χ0n) is 15.1. The molecule has 0 radical (unpaired) electrons. The number of nitrogens with one attached hydrogen (secondary N) is 2. The van der Waals surface area contributed by atoms with Crippen LogP contribution in [0.15, 0.2) is 48.7 Å². The molecular formula is C21H21N3O2. The van der Waals surface area contributed by atoms with E-state index in [2.05, 4.69) is 15.6 Å². The summed E-state index contributed by atoms with van der Waals surface area (Å²) in [5.41, 5.74) is 5.20. The summed E-state index contributed by atoms with van der Waals surface area (Å²) in [5.74, 6) is -0.553. The number of carbonyl (C=O) groups is 2. The number of aryl methyl sites for hydroxylation is 3. The number of rotatable bonds is 4. The molecule has 0 aliphatic rings. The smallest absolute Gasteiger partial charge is 0.252 e. The molecule has 132 valence electrons. The predicted molar refractivity (Wildman–Crippen MR) is 103 cm³/mol. The third kappa shape index (κ3) is 3.72. The minimum Gasteiger partial charge on any atom is -0.343 e. The molecule has 2 aromatic carbocycles. The number of carbonyl (C=O) groups excluding carboxylic acids is 2. The van der Waals surface area contributed by atoms with Gasteiger partial charge in [0.1, 0.15) is 0 Å². The topological polar surface area (TPSA) is 71.1 Å². The summed E-state index contributed by atoms with van der Waals surface area (Å²) < 4.78 is 0. The van der Waals surface area contributed by atoms with Gasteiger partial charge in [0.2, 0.25) is 5.91 Å². The summed E-state index contributed by atoms with van der Waals surface area (Å²) in [4.78, 5) is 29.0. The normalized spacial score (nSPS) is 10.6. The van der Waals surface area contributed by atoms with E-state index in [4.69, 9.17) is 0 Å². The number of para-hydroxylation sites is 1. The van der Waals surface area contributed by atoms with E-state index in [0.29, 0.717) is 5.56 Å². The van der Waals surface area contributed by atoms with Crippen molar-refractivity contribution in [2.75, 3.05) is 11.9 Å². The summed E-state index contributed by atoms with van der Waals surface area (Å²) in [7, 11) is 0. The number of hydrogen-bond donors (Lipinski definition) is 2. The van der Waals surface area contributed by atoms with Crippen molar-refractivity contribution in [1.29, 1.82) is 0 Å². The molecule has 5 nitrogen and oxygen atoms in total. The van der Waals surface area contributed by atoms with Crippen molar-refractivity contribution in [3.63, 3.8) is 0 Å². The second-order valence-corrected chi connectivity index (χ2v) is 6.38. The molecule has 0 fully saturated rings. The number of hydrogen-bond acceptors (Lipinski definition) is 3. The molecule has 1 heterocycles. The van der Waals surface area contributed by atoms with E-state index in [1.165, 1.54) is 0 Å². The van der Waals surface area contributed by atoms with Crippen LogP contribution in [-0.4, -0.2) is 23.3 Å². The highest BCUT2D eigenvalue weighted by Crippen LogP contribution is 2.21. The van der Waals surface area contributed by atoms with Crippen molar-refractivity contribution < 1.29 is 9.59 Å². The highest BCUT2D eigenvalue weighted by Gasteiger charge is 2.13. The Morgan fingerprint density at radius 2 is 1.69 bits per heavy atom. The fourth-order valence-electron chi connectivity index (χ4n) is 3.11. The van der Waals surface area contributed by atoms with Crippen molar-refractivity contribution in [1.82, 2.24) is 10.3 Å². The van der Waals surface area contributed by atoms with Crippen molar-refractivity contribution in [3.8, 4) is 0 Å². The number of fused-ring (bicyclic) bond motifs is 1. The Morgan fingerprint density at radius 3 is 2.42 bits per heavy atom. The van der Waals surface area contributed by atoms with Gasteiger partial charge >= 0.3 is 0 Å². The first-order valence-corrected chi connectivity index (χ1v) is 8.45. The van der Waals surface area contributed by atoms with Crippen molar-refractivity contribution in [2.45, 2.75) is 20.8 Å². The van der Waals surface area contributed by atoms with Gasteiger partial charge in [0.15, 0.2) is 0 Å². The molecule has 0 atom stereocenters. The first kappa shape index (κ1) is 17.6. The Hall–Kier alpha value is -3.21. The summed E-state index contributed by atoms with van der Waals surface area (Å²) >= 11 is 0. The van der Waals surface area contributed by atoms with Crippen molar-refractivity contribution in [2.24, 2.45) is 0 Å². The number of anilines is 1. The number of aromatic nitrogens is 1. The number of pyridine rings is 1. The Kier molecular flexibility index (Phi) is 4.98. The maximum absolute atomic E-state index is 12.5. The molecule has 0 saturated carbocycles. The van der Waals surface area contributed by atoms with E-state index in [1.54, 1.807) is 12.3 Å². The molecule has 3 rings (SSSR count). The van der Waals surface area contributed by atoms with Gasteiger partial charge in [0, 0.05) is 17.3 Å². The lowest BCUT2D eigenvalue weighted by atomic mass is 10.1. The fourth-order valence-corrected chi connectivity index (χ4v) is 3.11. The van der Waals surface area contributed by atoms with Crippen molar-refractivity contribution in [3.05, 3.63) is 70.9 Å². The molecule has 0 saturated heterocycles. The highest BCUT2D eigenvalue weighted by atomic mass is 16.2. The number of nitrogens with zero attached hydrogens (tertiary/aromatic N) is 1. The number of amides is 2. The van der Waals surface area contributed by atoms with Crippen molar-refractivity contribution >= 4 is 28.4 Å². The van der Waals surface area contributed by atoms with Crippen LogP contribution in [0.2, 0.25) is 0 Å². The molecule has 2 N–H and O–H groups in total. The van der Waals surface area contributed by atoms with Gasteiger partial charge < -0.3 is 10.6 Å². The van der Waals surface area contributed by atoms with Gasteiger partial charge in [-0.1, -0.05) is 35.9 Å². The second kappa shape index (κ2) is 7.35. The van der Waals surface area contributed by atoms with Crippen LogP contribution in [0.25, 0.3) is 10.9 Å². The van der Waals surface area contributed by atoms with Crippen LogP contribution >= 0.6 is 0 Å². The Labute approximate surface area is 152 Å². The minimum atomic E-state index is -0.295. The van der Waals surface area contributed by atoms with Crippen LogP contribution in [0.5, 0.6) is 0 Å². The third-order valence-corrected chi connectivity index (χ3v) is 4.24. The summed E-state index contributed by atoms with van der Waals surface area (Å²) in [6.45, 7) is 5.84. The monoisotopic (exact) mass is 347 g/mol. The molecule has 3 aromatic rings. The van der Waals surface area contributed by atoms with Gasteiger partial charge in [0.25, 0.3) is 5.91 Å². The van der Waals surface area contributed by atoms with Gasteiger partial charge in [-0.3, -0.25) is 14.6 Å². The average molecular weight is 347 g/mol. The molecule has 0 bridgehead atoms. The zero-order valence-corrected chi connectivity index (χ0v) is 15.1. The molecule has 0 aliphatic carbocycles. The maximum atomic E-state index is 12.5. The van der Waals surface area contributed by atoms with E-state index in [-0.39, 0.29) is 18.4 Å². The van der Waals surface area contributed by atoms with Gasteiger partial charge in [-0.15, -0.1) is 0 Å².